The van der Waals surface area contributed by atoms with Crippen LogP contribution in [0.5, 0.6) is 0 Å². The van der Waals surface area contributed by atoms with Gasteiger partial charge in [0.2, 0.25) is 11.8 Å². The highest BCUT2D eigenvalue weighted by Gasteiger charge is 2.35. The van der Waals surface area contributed by atoms with Crippen molar-refractivity contribution in [3.8, 4) is 0 Å². The van der Waals surface area contributed by atoms with Gasteiger partial charge in [-0.3, -0.25) is 14.4 Å². The van der Waals surface area contributed by atoms with Crippen LogP contribution in [0.3, 0.4) is 0 Å². The summed E-state index contributed by atoms with van der Waals surface area (Å²) in [6.07, 6.45) is 4.71. The molecular formula is C29H36Cl2N4O3. The number of carbonyl (C=O) groups excluding carboxylic acids is 3. The van der Waals surface area contributed by atoms with E-state index in [0.29, 0.717) is 63.9 Å². The van der Waals surface area contributed by atoms with Gasteiger partial charge >= 0.3 is 0 Å². The number of carbonyl (C=O) groups is 3. The predicted molar refractivity (Wildman–Crippen MR) is 153 cm³/mol. The van der Waals surface area contributed by atoms with Crippen LogP contribution in [-0.4, -0.2) is 30.8 Å². The average molecular weight is 560 g/mol. The Labute approximate surface area is 234 Å². The molecule has 4 rings (SSSR count). The largest absolute Gasteiger partial charge is 0.352 e. The molecule has 0 bridgehead atoms. The van der Waals surface area contributed by atoms with Crippen LogP contribution in [0.15, 0.2) is 36.4 Å². The lowest BCUT2D eigenvalue weighted by Gasteiger charge is -2.32. The van der Waals surface area contributed by atoms with Crippen LogP contribution in [0.4, 0.5) is 11.4 Å². The normalized spacial score (nSPS) is 21.5. The van der Waals surface area contributed by atoms with E-state index >= 15 is 0 Å². The quantitative estimate of drug-likeness (QED) is 0.390. The van der Waals surface area contributed by atoms with Crippen LogP contribution in [0.2, 0.25) is 10.0 Å². The first-order valence-corrected chi connectivity index (χ1v) is 14.1. The van der Waals surface area contributed by atoms with Crippen molar-refractivity contribution in [3.05, 3.63) is 57.6 Å². The molecule has 2 aromatic rings. The Bertz CT molecular complexity index is 1200. The predicted octanol–water partition coefficient (Wildman–Crippen LogP) is 5.95. The zero-order chi connectivity index (χ0) is 27.4. The first kappa shape index (κ1) is 28.4. The maximum Gasteiger partial charge on any atom is 0.251 e. The van der Waals surface area contributed by atoms with Crippen molar-refractivity contribution in [1.82, 2.24) is 5.32 Å². The number of hydrogen-bond acceptors (Lipinski definition) is 4. The number of amides is 3. The van der Waals surface area contributed by atoms with Gasteiger partial charge in [-0.05, 0) is 79.5 Å². The molecule has 0 aromatic heterocycles. The van der Waals surface area contributed by atoms with E-state index in [9.17, 15) is 14.4 Å². The minimum absolute atomic E-state index is 0.0192. The van der Waals surface area contributed by atoms with E-state index in [1.54, 1.807) is 41.3 Å². The van der Waals surface area contributed by atoms with E-state index in [1.807, 2.05) is 13.8 Å². The summed E-state index contributed by atoms with van der Waals surface area (Å²) >= 11 is 12.7. The van der Waals surface area contributed by atoms with E-state index in [2.05, 4.69) is 10.6 Å². The number of halogens is 2. The maximum absolute atomic E-state index is 13.6. The van der Waals surface area contributed by atoms with Gasteiger partial charge in [0.1, 0.15) is 0 Å². The molecule has 1 aliphatic heterocycles. The number of nitrogens with one attached hydrogen (secondary N) is 2. The van der Waals surface area contributed by atoms with Crippen molar-refractivity contribution in [1.29, 1.82) is 0 Å². The van der Waals surface area contributed by atoms with Crippen LogP contribution in [0, 0.1) is 17.8 Å². The van der Waals surface area contributed by atoms with Crippen molar-refractivity contribution >= 4 is 52.3 Å². The summed E-state index contributed by atoms with van der Waals surface area (Å²) in [4.78, 5) is 41.3. The van der Waals surface area contributed by atoms with Gasteiger partial charge in [-0.2, -0.15) is 0 Å². The summed E-state index contributed by atoms with van der Waals surface area (Å²) in [7, 11) is 0. The molecule has 1 saturated carbocycles. The Morgan fingerprint density at radius 1 is 1.13 bits per heavy atom. The second-order valence-corrected chi connectivity index (χ2v) is 11.7. The summed E-state index contributed by atoms with van der Waals surface area (Å²) in [6, 6.07) is 9.53. The highest BCUT2D eigenvalue weighted by Crippen LogP contribution is 2.41. The molecule has 0 radical (unpaired) electrons. The monoisotopic (exact) mass is 558 g/mol. The van der Waals surface area contributed by atoms with Crippen molar-refractivity contribution in [2.75, 3.05) is 23.3 Å². The number of rotatable bonds is 7. The molecule has 0 saturated heterocycles. The highest BCUT2D eigenvalue weighted by molar-refractivity contribution is 6.35. The maximum atomic E-state index is 13.6. The van der Waals surface area contributed by atoms with Crippen molar-refractivity contribution in [2.24, 2.45) is 23.5 Å². The van der Waals surface area contributed by atoms with Crippen LogP contribution < -0.4 is 21.3 Å². The van der Waals surface area contributed by atoms with Gasteiger partial charge in [0.05, 0.1) is 23.8 Å². The zero-order valence-corrected chi connectivity index (χ0v) is 23.4. The first-order valence-electron chi connectivity index (χ1n) is 13.4. The lowest BCUT2D eigenvalue weighted by molar-refractivity contribution is -0.120. The molecule has 9 heteroatoms. The number of fused-ring (bicyclic) bond motifs is 1. The Kier molecular flexibility index (Phi) is 9.34. The van der Waals surface area contributed by atoms with Crippen LogP contribution in [0.1, 0.15) is 74.3 Å². The standard InChI is InChI=1S/C29H36Cl2N4O3/c1-17(2)10-28(37)35-25-9-6-20(29(38)33-16-19-5-3-4-18(11-19)15-32)12-24(25)34-27(36)14-26(35)22-8-7-21(30)13-23(22)31/h6-9,12-13,17-19,26H,3-5,10-11,14-16,32H2,1-2H3,(H,33,38)(H,34,36). The molecule has 3 atom stereocenters. The number of nitrogens with two attached hydrogens (primary N) is 1. The first-order chi connectivity index (χ1) is 18.2. The molecule has 4 N–H and O–H groups in total. The van der Waals surface area contributed by atoms with Crippen LogP contribution in [0.25, 0.3) is 0 Å². The number of benzene rings is 2. The molecule has 7 nitrogen and oxygen atoms in total. The van der Waals surface area contributed by atoms with Gasteiger partial charge < -0.3 is 21.3 Å². The average Bonchev–Trinajstić information content (AvgIpc) is 3.02. The third-order valence-electron chi connectivity index (χ3n) is 7.43. The summed E-state index contributed by atoms with van der Waals surface area (Å²) in [5, 5.41) is 6.82. The molecule has 0 spiro atoms. The molecule has 38 heavy (non-hydrogen) atoms. The van der Waals surface area contributed by atoms with Crippen molar-refractivity contribution in [3.63, 3.8) is 0 Å². The SMILES string of the molecule is CC(C)CC(=O)N1c2ccc(C(=O)NCC3CCCC(CN)C3)cc2NC(=O)CC1c1ccc(Cl)cc1Cl. The Hall–Kier alpha value is -2.61. The lowest BCUT2D eigenvalue weighted by atomic mass is 9.81. The minimum atomic E-state index is -0.617. The zero-order valence-electron chi connectivity index (χ0n) is 21.9. The third kappa shape index (κ3) is 6.68. The van der Waals surface area contributed by atoms with Gasteiger partial charge in [0.25, 0.3) is 5.91 Å². The third-order valence-corrected chi connectivity index (χ3v) is 7.99. The number of nitrogens with zero attached hydrogens (tertiary/aromatic N) is 1. The molecule has 3 amide bonds. The number of hydrogen-bond donors (Lipinski definition) is 3. The van der Waals surface area contributed by atoms with E-state index in [0.717, 1.165) is 25.7 Å². The fraction of sp³-hybridized carbons (Fsp3) is 0.483. The Morgan fingerprint density at radius 2 is 1.89 bits per heavy atom. The highest BCUT2D eigenvalue weighted by atomic mass is 35.5. The molecule has 1 fully saturated rings. The minimum Gasteiger partial charge on any atom is -0.352 e. The summed E-state index contributed by atoms with van der Waals surface area (Å²) in [5.41, 5.74) is 7.88. The van der Waals surface area contributed by atoms with Gasteiger partial charge in [0.15, 0.2) is 0 Å². The summed E-state index contributed by atoms with van der Waals surface area (Å²) in [6.45, 7) is 5.22. The molecule has 2 aliphatic rings. The lowest BCUT2D eigenvalue weighted by Crippen LogP contribution is -2.36. The molecule has 2 aromatic carbocycles. The molecule has 1 aliphatic carbocycles. The second kappa shape index (κ2) is 12.5. The van der Waals surface area contributed by atoms with Gasteiger partial charge in [-0.25, -0.2) is 0 Å². The van der Waals surface area contributed by atoms with Crippen molar-refractivity contribution in [2.45, 2.75) is 58.4 Å². The van der Waals surface area contributed by atoms with Gasteiger partial charge in [0, 0.05) is 28.6 Å². The molecule has 3 unspecified atom stereocenters. The van der Waals surface area contributed by atoms with E-state index in [4.69, 9.17) is 28.9 Å². The van der Waals surface area contributed by atoms with Crippen molar-refractivity contribution < 1.29 is 14.4 Å². The molecular weight excluding hydrogens is 523 g/mol. The summed E-state index contributed by atoms with van der Waals surface area (Å²) in [5.74, 6) is 0.439. The Morgan fingerprint density at radius 3 is 2.61 bits per heavy atom. The number of anilines is 2. The summed E-state index contributed by atoms with van der Waals surface area (Å²) < 4.78 is 0. The smallest absolute Gasteiger partial charge is 0.251 e. The fourth-order valence-corrected chi connectivity index (χ4v) is 6.08. The fourth-order valence-electron chi connectivity index (χ4n) is 5.54. The molecule has 1 heterocycles. The van der Waals surface area contributed by atoms with Crippen LogP contribution >= 0.6 is 23.2 Å². The van der Waals surface area contributed by atoms with E-state index in [-0.39, 0.29) is 30.1 Å². The second-order valence-electron chi connectivity index (χ2n) is 10.9. The van der Waals surface area contributed by atoms with E-state index in [1.165, 1.54) is 0 Å². The Balaban J connectivity index is 1.63. The van der Waals surface area contributed by atoms with Gasteiger partial charge in [-0.15, -0.1) is 0 Å². The topological polar surface area (TPSA) is 105 Å². The van der Waals surface area contributed by atoms with Gasteiger partial charge in [-0.1, -0.05) is 49.5 Å². The van der Waals surface area contributed by atoms with Crippen LogP contribution in [-0.2, 0) is 9.59 Å². The van der Waals surface area contributed by atoms with E-state index < -0.39 is 6.04 Å². The molecule has 204 valence electrons.